The van der Waals surface area contributed by atoms with Crippen molar-refractivity contribution in [2.45, 2.75) is 6.92 Å². The molecule has 0 saturated heterocycles. The van der Waals surface area contributed by atoms with Crippen LogP contribution in [0.2, 0.25) is 0 Å². The quantitative estimate of drug-likeness (QED) is 0.601. The molecule has 3 aromatic rings. The lowest BCUT2D eigenvalue weighted by Gasteiger charge is -2.10. The Bertz CT molecular complexity index is 832. The first-order chi connectivity index (χ1) is 12.2. The van der Waals surface area contributed by atoms with Gasteiger partial charge in [0, 0.05) is 24.0 Å². The molecule has 0 aliphatic carbocycles. The number of hydrogen-bond acceptors (Lipinski definition) is 5. The average molecular weight is 332 g/mol. The van der Waals surface area contributed by atoms with E-state index in [1.54, 1.807) is 6.08 Å². The first-order valence-corrected chi connectivity index (χ1v) is 8.03. The molecule has 0 spiro atoms. The Labute approximate surface area is 147 Å². The largest absolute Gasteiger partial charge is 0.457 e. The summed E-state index contributed by atoms with van der Waals surface area (Å²) in [5.74, 6) is 2.90. The molecule has 25 heavy (non-hydrogen) atoms. The molecule has 0 fully saturated rings. The number of aromatic nitrogens is 2. The maximum Gasteiger partial charge on any atom is 0.225 e. The van der Waals surface area contributed by atoms with Crippen molar-refractivity contribution in [1.82, 2.24) is 9.97 Å². The standard InChI is InChI=1S/C20H20N4O/c1-3-13-21-20-22-15(2)14-19(24-20)23-16-9-11-18(12-10-16)25-17-7-5-4-6-8-17/h3-12,14H,1,13H2,2H3,(H2,21,22,23,24). The summed E-state index contributed by atoms with van der Waals surface area (Å²) in [5.41, 5.74) is 1.81. The maximum absolute atomic E-state index is 5.79. The van der Waals surface area contributed by atoms with Crippen molar-refractivity contribution in [2.75, 3.05) is 17.2 Å². The van der Waals surface area contributed by atoms with Gasteiger partial charge in [0.15, 0.2) is 0 Å². The van der Waals surface area contributed by atoms with E-state index in [0.717, 1.165) is 28.7 Å². The topological polar surface area (TPSA) is 59.1 Å². The Morgan fingerprint density at radius 3 is 2.44 bits per heavy atom. The Kier molecular flexibility index (Phi) is 5.26. The second kappa shape index (κ2) is 7.97. The van der Waals surface area contributed by atoms with Crippen LogP contribution in [0.3, 0.4) is 0 Å². The van der Waals surface area contributed by atoms with Gasteiger partial charge in [-0.15, -0.1) is 6.58 Å². The van der Waals surface area contributed by atoms with Crippen LogP contribution in [0.25, 0.3) is 0 Å². The van der Waals surface area contributed by atoms with E-state index in [-0.39, 0.29) is 0 Å². The van der Waals surface area contributed by atoms with Gasteiger partial charge in [0.1, 0.15) is 17.3 Å². The molecule has 0 unspecified atom stereocenters. The molecule has 0 bridgehead atoms. The second-order valence-corrected chi connectivity index (χ2v) is 5.45. The Hall–Kier alpha value is -3.34. The highest BCUT2D eigenvalue weighted by atomic mass is 16.5. The summed E-state index contributed by atoms with van der Waals surface area (Å²) in [6.07, 6.45) is 1.77. The highest BCUT2D eigenvalue weighted by Crippen LogP contribution is 2.24. The number of anilines is 3. The van der Waals surface area contributed by atoms with E-state index in [1.165, 1.54) is 0 Å². The molecule has 5 heteroatoms. The van der Waals surface area contributed by atoms with Crippen molar-refractivity contribution >= 4 is 17.5 Å². The third-order valence-corrected chi connectivity index (χ3v) is 3.36. The van der Waals surface area contributed by atoms with Crippen molar-refractivity contribution in [3.05, 3.63) is 79.0 Å². The molecule has 2 aromatic carbocycles. The Balaban J connectivity index is 1.69. The van der Waals surface area contributed by atoms with Crippen LogP contribution in [-0.4, -0.2) is 16.5 Å². The lowest BCUT2D eigenvalue weighted by atomic mass is 10.3. The summed E-state index contributed by atoms with van der Waals surface area (Å²) in [6.45, 7) is 6.23. The van der Waals surface area contributed by atoms with Gasteiger partial charge in [-0.25, -0.2) is 4.98 Å². The number of aryl methyl sites for hydroxylation is 1. The van der Waals surface area contributed by atoms with E-state index >= 15 is 0 Å². The number of nitrogens with zero attached hydrogens (tertiary/aromatic N) is 2. The number of ether oxygens (including phenoxy) is 1. The Morgan fingerprint density at radius 2 is 1.72 bits per heavy atom. The van der Waals surface area contributed by atoms with Crippen molar-refractivity contribution in [3.63, 3.8) is 0 Å². The van der Waals surface area contributed by atoms with E-state index < -0.39 is 0 Å². The summed E-state index contributed by atoms with van der Waals surface area (Å²) in [5, 5.41) is 6.38. The molecule has 0 aliphatic heterocycles. The normalized spacial score (nSPS) is 10.1. The third kappa shape index (κ3) is 4.81. The van der Waals surface area contributed by atoms with Crippen molar-refractivity contribution < 1.29 is 4.74 Å². The third-order valence-electron chi connectivity index (χ3n) is 3.36. The molecule has 0 radical (unpaired) electrons. The maximum atomic E-state index is 5.79. The van der Waals surface area contributed by atoms with Gasteiger partial charge in [-0.05, 0) is 43.3 Å². The van der Waals surface area contributed by atoms with E-state index in [9.17, 15) is 0 Å². The highest BCUT2D eigenvalue weighted by Gasteiger charge is 2.03. The van der Waals surface area contributed by atoms with E-state index in [0.29, 0.717) is 12.5 Å². The average Bonchev–Trinajstić information content (AvgIpc) is 2.62. The number of nitrogens with one attached hydrogen (secondary N) is 2. The number of para-hydroxylation sites is 1. The minimum Gasteiger partial charge on any atom is -0.457 e. The minimum atomic E-state index is 0.575. The summed E-state index contributed by atoms with van der Waals surface area (Å²) in [7, 11) is 0. The predicted octanol–water partition coefficient (Wildman–Crippen LogP) is 4.92. The summed E-state index contributed by atoms with van der Waals surface area (Å²) >= 11 is 0. The molecule has 0 saturated carbocycles. The summed E-state index contributed by atoms with van der Waals surface area (Å²) < 4.78 is 5.79. The van der Waals surface area contributed by atoms with Crippen LogP contribution < -0.4 is 15.4 Å². The van der Waals surface area contributed by atoms with Gasteiger partial charge in [0.25, 0.3) is 0 Å². The van der Waals surface area contributed by atoms with Crippen LogP contribution in [0.4, 0.5) is 17.5 Å². The molecular formula is C20H20N4O. The first kappa shape index (κ1) is 16.5. The SMILES string of the molecule is C=CCNc1nc(C)cc(Nc2ccc(Oc3ccccc3)cc2)n1. The van der Waals surface area contributed by atoms with Crippen LogP contribution in [0, 0.1) is 6.92 Å². The zero-order chi connectivity index (χ0) is 17.5. The Morgan fingerprint density at radius 1 is 1.00 bits per heavy atom. The molecule has 0 aliphatic rings. The fourth-order valence-corrected chi connectivity index (χ4v) is 2.25. The molecule has 5 nitrogen and oxygen atoms in total. The predicted molar refractivity (Wildman–Crippen MR) is 102 cm³/mol. The number of hydrogen-bond donors (Lipinski definition) is 2. The zero-order valence-corrected chi connectivity index (χ0v) is 14.1. The summed E-state index contributed by atoms with van der Waals surface area (Å²) in [6, 6.07) is 19.3. The van der Waals surface area contributed by atoms with Gasteiger partial charge in [0.05, 0.1) is 0 Å². The molecular weight excluding hydrogens is 312 g/mol. The van der Waals surface area contributed by atoms with E-state index in [4.69, 9.17) is 4.74 Å². The monoisotopic (exact) mass is 332 g/mol. The zero-order valence-electron chi connectivity index (χ0n) is 14.1. The molecule has 1 aromatic heterocycles. The van der Waals surface area contributed by atoms with E-state index in [2.05, 4.69) is 27.2 Å². The minimum absolute atomic E-state index is 0.575. The van der Waals surface area contributed by atoms with Crippen LogP contribution in [0.5, 0.6) is 11.5 Å². The van der Waals surface area contributed by atoms with Gasteiger partial charge in [0.2, 0.25) is 5.95 Å². The fourth-order valence-electron chi connectivity index (χ4n) is 2.25. The molecule has 126 valence electrons. The molecule has 3 rings (SSSR count). The van der Waals surface area contributed by atoms with Gasteiger partial charge >= 0.3 is 0 Å². The molecule has 1 heterocycles. The van der Waals surface area contributed by atoms with Gasteiger partial charge < -0.3 is 15.4 Å². The van der Waals surface area contributed by atoms with Gasteiger partial charge in [-0.3, -0.25) is 0 Å². The molecule has 0 atom stereocenters. The van der Waals surface area contributed by atoms with Crippen molar-refractivity contribution in [1.29, 1.82) is 0 Å². The van der Waals surface area contributed by atoms with Gasteiger partial charge in [-0.1, -0.05) is 24.3 Å². The van der Waals surface area contributed by atoms with E-state index in [1.807, 2.05) is 67.6 Å². The number of benzene rings is 2. The van der Waals surface area contributed by atoms with Crippen LogP contribution >= 0.6 is 0 Å². The van der Waals surface area contributed by atoms with Crippen LogP contribution in [0.15, 0.2) is 73.3 Å². The number of rotatable bonds is 7. The van der Waals surface area contributed by atoms with Crippen molar-refractivity contribution in [2.24, 2.45) is 0 Å². The fraction of sp³-hybridized carbons (Fsp3) is 0.100. The van der Waals surface area contributed by atoms with Crippen molar-refractivity contribution in [3.8, 4) is 11.5 Å². The summed E-state index contributed by atoms with van der Waals surface area (Å²) in [4.78, 5) is 8.79. The van der Waals surface area contributed by atoms with Gasteiger partial charge in [-0.2, -0.15) is 4.98 Å². The lowest BCUT2D eigenvalue weighted by Crippen LogP contribution is -2.05. The molecule has 0 amide bonds. The molecule has 2 N–H and O–H groups in total. The second-order valence-electron chi connectivity index (χ2n) is 5.45. The first-order valence-electron chi connectivity index (χ1n) is 8.03. The van der Waals surface area contributed by atoms with Crippen LogP contribution in [0.1, 0.15) is 5.69 Å². The lowest BCUT2D eigenvalue weighted by molar-refractivity contribution is 0.483. The highest BCUT2D eigenvalue weighted by molar-refractivity contribution is 5.58. The van der Waals surface area contributed by atoms with Crippen LogP contribution in [-0.2, 0) is 0 Å². The smallest absolute Gasteiger partial charge is 0.225 e.